The van der Waals surface area contributed by atoms with Crippen molar-refractivity contribution in [1.29, 1.82) is 0 Å². The summed E-state index contributed by atoms with van der Waals surface area (Å²) in [4.78, 5) is 34.3. The van der Waals surface area contributed by atoms with Crippen LogP contribution in [-0.4, -0.2) is 27.9 Å². The molecule has 23 heavy (non-hydrogen) atoms. The van der Waals surface area contributed by atoms with Crippen LogP contribution in [0.4, 0.5) is 5.69 Å². The Labute approximate surface area is 134 Å². The van der Waals surface area contributed by atoms with E-state index in [1.807, 2.05) is 0 Å². The molecular weight excluding hydrogens is 300 g/mol. The van der Waals surface area contributed by atoms with Gasteiger partial charge in [0.15, 0.2) is 0 Å². The second-order valence-corrected chi connectivity index (χ2v) is 5.29. The first kappa shape index (κ1) is 18.3. The number of benzene rings is 1. The Morgan fingerprint density at radius 1 is 1.35 bits per heavy atom. The maximum atomic E-state index is 12.4. The number of nitrogens with one attached hydrogen (secondary N) is 1. The summed E-state index contributed by atoms with van der Waals surface area (Å²) < 4.78 is 0. The van der Waals surface area contributed by atoms with Crippen molar-refractivity contribution >= 4 is 17.6 Å². The number of amides is 1. The highest BCUT2D eigenvalue weighted by atomic mass is 16.6. The zero-order valence-electron chi connectivity index (χ0n) is 13.5. The number of carboxylic acids is 1. The fraction of sp³-hybridized carbons (Fsp3) is 0.375. The van der Waals surface area contributed by atoms with Crippen molar-refractivity contribution in [3.05, 3.63) is 50.6 Å². The van der Waals surface area contributed by atoms with Gasteiger partial charge in [-0.1, -0.05) is 12.2 Å². The van der Waals surface area contributed by atoms with E-state index < -0.39 is 22.8 Å². The van der Waals surface area contributed by atoms with Crippen LogP contribution in [0.5, 0.6) is 0 Å². The minimum Gasteiger partial charge on any atom is -0.480 e. The molecule has 0 saturated heterocycles. The SMILES string of the molecule is C/C=C/CC(NC(=O)c1c(C)cc(C)c([N+](=O)[O-])c1C)C(=O)O. The summed E-state index contributed by atoms with van der Waals surface area (Å²) in [5, 5.41) is 22.8. The third-order valence-corrected chi connectivity index (χ3v) is 3.55. The van der Waals surface area contributed by atoms with Crippen molar-refractivity contribution in [3.63, 3.8) is 0 Å². The van der Waals surface area contributed by atoms with Crippen molar-refractivity contribution in [2.45, 2.75) is 40.2 Å². The van der Waals surface area contributed by atoms with E-state index in [1.165, 1.54) is 6.92 Å². The lowest BCUT2D eigenvalue weighted by atomic mass is 9.96. The smallest absolute Gasteiger partial charge is 0.326 e. The maximum absolute atomic E-state index is 12.4. The molecule has 1 unspecified atom stereocenters. The van der Waals surface area contributed by atoms with Gasteiger partial charge >= 0.3 is 5.97 Å². The number of aliphatic carboxylic acids is 1. The Bertz CT molecular complexity index is 680. The molecule has 7 nitrogen and oxygen atoms in total. The number of carbonyl (C=O) groups excluding carboxylic acids is 1. The second kappa shape index (κ2) is 7.53. The van der Waals surface area contributed by atoms with Crippen LogP contribution in [0, 0.1) is 30.9 Å². The summed E-state index contributed by atoms with van der Waals surface area (Å²) in [5.74, 6) is -1.78. The molecule has 0 aromatic heterocycles. The number of allylic oxidation sites excluding steroid dienone is 1. The van der Waals surface area contributed by atoms with E-state index in [-0.39, 0.29) is 23.2 Å². The van der Waals surface area contributed by atoms with Crippen LogP contribution in [0.3, 0.4) is 0 Å². The molecule has 0 fully saturated rings. The van der Waals surface area contributed by atoms with Gasteiger partial charge in [-0.3, -0.25) is 14.9 Å². The quantitative estimate of drug-likeness (QED) is 0.476. The van der Waals surface area contributed by atoms with Gasteiger partial charge in [0.25, 0.3) is 11.6 Å². The largest absolute Gasteiger partial charge is 0.480 e. The van der Waals surface area contributed by atoms with Crippen molar-refractivity contribution in [2.75, 3.05) is 0 Å². The monoisotopic (exact) mass is 320 g/mol. The van der Waals surface area contributed by atoms with Crippen molar-refractivity contribution in [2.24, 2.45) is 0 Å². The normalized spacial score (nSPS) is 12.2. The second-order valence-electron chi connectivity index (χ2n) is 5.29. The average molecular weight is 320 g/mol. The molecule has 0 heterocycles. The molecule has 1 amide bonds. The summed E-state index contributed by atoms with van der Waals surface area (Å²) in [5.41, 5.74) is 1.29. The number of carbonyl (C=O) groups is 2. The van der Waals surface area contributed by atoms with Crippen molar-refractivity contribution in [3.8, 4) is 0 Å². The van der Waals surface area contributed by atoms with E-state index in [0.29, 0.717) is 11.1 Å². The molecular formula is C16H20N2O5. The predicted octanol–water partition coefficient (Wildman–Crippen LogP) is 2.67. The number of rotatable bonds is 6. The number of nitrogens with zero attached hydrogens (tertiary/aromatic N) is 1. The van der Waals surface area contributed by atoms with Gasteiger partial charge in [-0.2, -0.15) is 0 Å². The lowest BCUT2D eigenvalue weighted by Gasteiger charge is -2.16. The van der Waals surface area contributed by atoms with E-state index in [1.54, 1.807) is 39.0 Å². The van der Waals surface area contributed by atoms with Gasteiger partial charge in [0.05, 0.1) is 10.5 Å². The molecule has 1 aromatic carbocycles. The van der Waals surface area contributed by atoms with Crippen LogP contribution < -0.4 is 5.32 Å². The molecule has 0 aliphatic carbocycles. The molecule has 1 rings (SSSR count). The first-order valence-corrected chi connectivity index (χ1v) is 7.10. The highest BCUT2D eigenvalue weighted by Gasteiger charge is 2.26. The standard InChI is InChI=1S/C16H20N2O5/c1-5-6-7-12(16(20)21)17-15(19)13-9(2)8-10(3)14(11(13)4)18(22)23/h5-6,8,12H,7H2,1-4H3,(H,17,19)(H,20,21)/b6-5+. The van der Waals surface area contributed by atoms with Crippen molar-refractivity contribution in [1.82, 2.24) is 5.32 Å². The fourth-order valence-corrected chi connectivity index (χ4v) is 2.53. The van der Waals surface area contributed by atoms with E-state index in [2.05, 4.69) is 5.32 Å². The van der Waals surface area contributed by atoms with Gasteiger partial charge in [0, 0.05) is 11.1 Å². The minimum atomic E-state index is -1.16. The highest BCUT2D eigenvalue weighted by Crippen LogP contribution is 2.28. The van der Waals surface area contributed by atoms with Gasteiger partial charge in [-0.05, 0) is 45.7 Å². The summed E-state index contributed by atoms with van der Waals surface area (Å²) in [7, 11) is 0. The van der Waals surface area contributed by atoms with Crippen LogP contribution in [0.15, 0.2) is 18.2 Å². The summed E-state index contributed by atoms with van der Waals surface area (Å²) in [6, 6.07) is 0.472. The molecule has 124 valence electrons. The highest BCUT2D eigenvalue weighted by molar-refractivity contribution is 6.00. The Morgan fingerprint density at radius 3 is 2.43 bits per heavy atom. The van der Waals surface area contributed by atoms with Gasteiger partial charge < -0.3 is 10.4 Å². The van der Waals surface area contributed by atoms with Crippen molar-refractivity contribution < 1.29 is 19.6 Å². The number of hydrogen-bond donors (Lipinski definition) is 2. The van der Waals surface area contributed by atoms with Crippen LogP contribution in [0.2, 0.25) is 0 Å². The lowest BCUT2D eigenvalue weighted by Crippen LogP contribution is -2.41. The number of carboxylic acid groups (broad SMARTS) is 1. The number of aryl methyl sites for hydroxylation is 2. The van der Waals surface area contributed by atoms with Crippen LogP contribution in [0.1, 0.15) is 40.4 Å². The Morgan fingerprint density at radius 2 is 1.96 bits per heavy atom. The average Bonchev–Trinajstić information content (AvgIpc) is 2.41. The maximum Gasteiger partial charge on any atom is 0.326 e. The summed E-state index contributed by atoms with van der Waals surface area (Å²) in [6.45, 7) is 6.51. The fourth-order valence-electron chi connectivity index (χ4n) is 2.53. The van der Waals surface area contributed by atoms with Gasteiger partial charge in [-0.25, -0.2) is 4.79 Å². The zero-order chi connectivity index (χ0) is 17.7. The molecule has 0 radical (unpaired) electrons. The molecule has 0 aliphatic heterocycles. The summed E-state index contributed by atoms with van der Waals surface area (Å²) >= 11 is 0. The van der Waals surface area contributed by atoms with E-state index >= 15 is 0 Å². The topological polar surface area (TPSA) is 110 Å². The van der Waals surface area contributed by atoms with Gasteiger partial charge in [0.1, 0.15) is 6.04 Å². The first-order valence-electron chi connectivity index (χ1n) is 7.10. The number of nitro benzene ring substituents is 1. The molecule has 1 atom stereocenters. The van der Waals surface area contributed by atoms with Crippen LogP contribution in [0.25, 0.3) is 0 Å². The predicted molar refractivity (Wildman–Crippen MR) is 85.6 cm³/mol. The Balaban J connectivity index is 3.24. The van der Waals surface area contributed by atoms with E-state index in [0.717, 1.165) is 0 Å². The van der Waals surface area contributed by atoms with E-state index in [4.69, 9.17) is 5.11 Å². The number of hydrogen-bond acceptors (Lipinski definition) is 4. The Kier molecular flexibility index (Phi) is 6.01. The third-order valence-electron chi connectivity index (χ3n) is 3.55. The van der Waals surface area contributed by atoms with Gasteiger partial charge in [0.2, 0.25) is 0 Å². The molecule has 0 saturated carbocycles. The van der Waals surface area contributed by atoms with Crippen LogP contribution in [-0.2, 0) is 4.79 Å². The summed E-state index contributed by atoms with van der Waals surface area (Å²) in [6.07, 6.45) is 3.47. The molecule has 1 aromatic rings. The molecule has 0 bridgehead atoms. The molecule has 0 aliphatic rings. The van der Waals surface area contributed by atoms with E-state index in [9.17, 15) is 19.7 Å². The minimum absolute atomic E-state index is 0.124. The number of nitro groups is 1. The molecule has 2 N–H and O–H groups in total. The van der Waals surface area contributed by atoms with Gasteiger partial charge in [-0.15, -0.1) is 0 Å². The molecule has 7 heteroatoms. The lowest BCUT2D eigenvalue weighted by molar-refractivity contribution is -0.386. The molecule has 0 spiro atoms. The Hall–Kier alpha value is -2.70. The first-order chi connectivity index (χ1) is 10.7. The zero-order valence-corrected chi connectivity index (χ0v) is 13.5. The third kappa shape index (κ3) is 4.15. The van der Waals surface area contributed by atoms with Crippen LogP contribution >= 0.6 is 0 Å².